The number of esters is 1. The van der Waals surface area contributed by atoms with Crippen molar-refractivity contribution in [2.24, 2.45) is 0 Å². The molecule has 34 heavy (non-hydrogen) atoms. The Morgan fingerprint density at radius 2 is 1.97 bits per heavy atom. The van der Waals surface area contributed by atoms with E-state index < -0.39 is 5.25 Å². The van der Waals surface area contributed by atoms with Gasteiger partial charge in [-0.3, -0.25) is 14.9 Å². The highest BCUT2D eigenvalue weighted by atomic mass is 32.2. The molecular weight excluding hydrogens is 513 g/mol. The molecule has 0 radical (unpaired) electrons. The van der Waals surface area contributed by atoms with E-state index in [1.807, 2.05) is 5.38 Å². The van der Waals surface area contributed by atoms with Crippen molar-refractivity contribution in [1.82, 2.24) is 10.2 Å². The van der Waals surface area contributed by atoms with Crippen molar-refractivity contribution in [3.05, 3.63) is 38.4 Å². The van der Waals surface area contributed by atoms with Crippen LogP contribution in [0, 0.1) is 0 Å². The molecular formula is C22H24N4O4S4. The maximum atomic E-state index is 13.0. The van der Waals surface area contributed by atoms with Crippen LogP contribution >= 0.6 is 45.8 Å². The molecule has 4 rings (SSSR count). The summed E-state index contributed by atoms with van der Waals surface area (Å²) >= 11 is 5.28. The zero-order chi connectivity index (χ0) is 24.1. The maximum absolute atomic E-state index is 13.0. The highest BCUT2D eigenvalue weighted by Gasteiger charge is 2.28. The standard InChI is InChI=1S/C22H24N4O4S4/c1-3-30-20(29)16-13-8-5-4-6-9-14(13)33-19(16)23-17(27)12(2)32-22-26-25-21(34-22)24-18(28)15-10-7-11-31-15/h7,10-12H,3-6,8-9H2,1-2H3,(H,23,27)(H,24,25,28). The van der Waals surface area contributed by atoms with Crippen LogP contribution in [0.1, 0.15) is 63.6 Å². The molecule has 3 aromatic heterocycles. The van der Waals surface area contributed by atoms with Crippen LogP contribution in [-0.4, -0.2) is 39.8 Å². The molecule has 0 spiro atoms. The molecule has 3 heterocycles. The Bertz CT molecular complexity index is 1170. The lowest BCUT2D eigenvalue weighted by Crippen LogP contribution is -2.23. The first kappa shape index (κ1) is 24.8. The van der Waals surface area contributed by atoms with Gasteiger partial charge >= 0.3 is 5.97 Å². The van der Waals surface area contributed by atoms with Crippen molar-refractivity contribution in [2.75, 3.05) is 17.2 Å². The molecule has 180 valence electrons. The Morgan fingerprint density at radius 3 is 2.74 bits per heavy atom. The first-order valence-corrected chi connectivity index (χ1v) is 14.3. The SMILES string of the molecule is CCOC(=O)c1c(NC(=O)C(C)Sc2nnc(NC(=O)c3cccs3)s2)sc2c1CCCCC2. The molecule has 1 unspecified atom stereocenters. The number of anilines is 2. The van der Waals surface area contributed by atoms with E-state index in [1.54, 1.807) is 26.0 Å². The number of carbonyl (C=O) groups excluding carboxylic acids is 3. The second-order valence-corrected chi connectivity index (χ2v) is 12.2. The van der Waals surface area contributed by atoms with Gasteiger partial charge in [-0.2, -0.15) is 0 Å². The fourth-order valence-electron chi connectivity index (χ4n) is 3.54. The van der Waals surface area contributed by atoms with Gasteiger partial charge in [0.1, 0.15) is 5.00 Å². The Labute approximate surface area is 213 Å². The number of nitrogens with zero attached hydrogens (tertiary/aromatic N) is 2. The highest BCUT2D eigenvalue weighted by Crippen LogP contribution is 2.39. The van der Waals surface area contributed by atoms with E-state index in [-0.39, 0.29) is 24.4 Å². The van der Waals surface area contributed by atoms with E-state index in [2.05, 4.69) is 20.8 Å². The molecule has 0 aromatic carbocycles. The summed E-state index contributed by atoms with van der Waals surface area (Å²) in [7, 11) is 0. The summed E-state index contributed by atoms with van der Waals surface area (Å²) < 4.78 is 5.86. The van der Waals surface area contributed by atoms with Gasteiger partial charge in [0.2, 0.25) is 11.0 Å². The Kier molecular flexibility index (Phi) is 8.35. The summed E-state index contributed by atoms with van der Waals surface area (Å²) in [6.07, 6.45) is 4.98. The topological polar surface area (TPSA) is 110 Å². The summed E-state index contributed by atoms with van der Waals surface area (Å²) in [5.74, 6) is -0.850. The molecule has 0 bridgehead atoms. The third-order valence-electron chi connectivity index (χ3n) is 5.16. The predicted octanol–water partition coefficient (Wildman–Crippen LogP) is 5.48. The number of thiophene rings is 2. The van der Waals surface area contributed by atoms with Gasteiger partial charge in [-0.25, -0.2) is 4.79 Å². The summed E-state index contributed by atoms with van der Waals surface area (Å²) in [5, 5.41) is 16.0. The van der Waals surface area contributed by atoms with E-state index in [4.69, 9.17) is 4.74 Å². The number of aromatic nitrogens is 2. The van der Waals surface area contributed by atoms with Crippen LogP contribution in [0.2, 0.25) is 0 Å². The maximum Gasteiger partial charge on any atom is 0.341 e. The summed E-state index contributed by atoms with van der Waals surface area (Å²) in [4.78, 5) is 39.6. The smallest absolute Gasteiger partial charge is 0.341 e. The molecule has 2 N–H and O–H groups in total. The Morgan fingerprint density at radius 1 is 1.15 bits per heavy atom. The van der Waals surface area contributed by atoms with E-state index in [0.29, 0.717) is 24.9 Å². The fraction of sp³-hybridized carbons (Fsp3) is 0.409. The number of aryl methyl sites for hydroxylation is 1. The molecule has 0 saturated heterocycles. The first-order valence-electron chi connectivity index (χ1n) is 10.9. The number of amides is 2. The second-order valence-electron chi connectivity index (χ2n) is 7.54. The van der Waals surface area contributed by atoms with Crippen molar-refractivity contribution < 1.29 is 19.1 Å². The number of fused-ring (bicyclic) bond motifs is 1. The molecule has 3 aromatic rings. The number of carbonyl (C=O) groups is 3. The van der Waals surface area contributed by atoms with Gasteiger partial charge in [0.25, 0.3) is 5.91 Å². The lowest BCUT2D eigenvalue weighted by Gasteiger charge is -2.11. The van der Waals surface area contributed by atoms with Crippen molar-refractivity contribution in [2.45, 2.75) is 55.5 Å². The van der Waals surface area contributed by atoms with Crippen LogP contribution in [0.4, 0.5) is 10.1 Å². The lowest BCUT2D eigenvalue weighted by molar-refractivity contribution is -0.115. The number of hydrogen-bond acceptors (Lipinski definition) is 10. The van der Waals surface area contributed by atoms with Crippen molar-refractivity contribution in [1.29, 1.82) is 0 Å². The minimum atomic E-state index is -0.481. The largest absolute Gasteiger partial charge is 0.462 e. The van der Waals surface area contributed by atoms with Crippen LogP contribution < -0.4 is 10.6 Å². The molecule has 0 saturated carbocycles. The molecule has 1 aliphatic carbocycles. The van der Waals surface area contributed by atoms with E-state index >= 15 is 0 Å². The van der Waals surface area contributed by atoms with E-state index in [1.165, 1.54) is 45.8 Å². The Hall–Kier alpha value is -2.28. The highest BCUT2D eigenvalue weighted by molar-refractivity contribution is 8.02. The third kappa shape index (κ3) is 5.85. The third-order valence-corrected chi connectivity index (χ3v) is 9.26. The lowest BCUT2D eigenvalue weighted by atomic mass is 10.1. The van der Waals surface area contributed by atoms with Crippen molar-refractivity contribution in [3.63, 3.8) is 0 Å². The number of thioether (sulfide) groups is 1. The van der Waals surface area contributed by atoms with Gasteiger partial charge in [-0.1, -0.05) is 35.6 Å². The minimum Gasteiger partial charge on any atom is -0.462 e. The second kappa shape index (κ2) is 11.4. The molecule has 12 heteroatoms. The average molecular weight is 537 g/mol. The van der Waals surface area contributed by atoms with Crippen LogP contribution in [-0.2, 0) is 22.4 Å². The fourth-order valence-corrected chi connectivity index (χ4v) is 7.33. The molecule has 0 aliphatic heterocycles. The number of rotatable bonds is 8. The van der Waals surface area contributed by atoms with Gasteiger partial charge in [-0.05, 0) is 56.5 Å². The van der Waals surface area contributed by atoms with E-state index in [9.17, 15) is 14.4 Å². The van der Waals surface area contributed by atoms with Crippen molar-refractivity contribution >= 4 is 73.7 Å². The van der Waals surface area contributed by atoms with Crippen LogP contribution in [0.15, 0.2) is 21.9 Å². The van der Waals surface area contributed by atoms with Gasteiger partial charge in [0, 0.05) is 4.88 Å². The van der Waals surface area contributed by atoms with Gasteiger partial charge in [0.05, 0.1) is 22.3 Å². The average Bonchev–Trinajstić information content (AvgIpc) is 3.52. The first-order chi connectivity index (χ1) is 16.5. The number of ether oxygens (including phenoxy) is 1. The van der Waals surface area contributed by atoms with Gasteiger partial charge < -0.3 is 10.1 Å². The monoisotopic (exact) mass is 536 g/mol. The van der Waals surface area contributed by atoms with Crippen LogP contribution in [0.25, 0.3) is 0 Å². The normalized spacial score (nSPS) is 14.1. The van der Waals surface area contributed by atoms with Gasteiger partial charge in [0.15, 0.2) is 4.34 Å². The molecule has 0 fully saturated rings. The molecule has 8 nitrogen and oxygen atoms in total. The quantitative estimate of drug-likeness (QED) is 0.170. The Balaban J connectivity index is 1.42. The minimum absolute atomic E-state index is 0.230. The zero-order valence-corrected chi connectivity index (χ0v) is 22.0. The molecule has 2 amide bonds. The summed E-state index contributed by atoms with van der Waals surface area (Å²) in [6, 6.07) is 3.54. The zero-order valence-electron chi connectivity index (χ0n) is 18.7. The van der Waals surface area contributed by atoms with Gasteiger partial charge in [-0.15, -0.1) is 32.9 Å². The summed E-state index contributed by atoms with van der Waals surface area (Å²) in [6.45, 7) is 3.83. The number of nitrogens with one attached hydrogen (secondary N) is 2. The molecule has 1 atom stereocenters. The van der Waals surface area contributed by atoms with Crippen LogP contribution in [0.3, 0.4) is 0 Å². The van der Waals surface area contributed by atoms with Crippen molar-refractivity contribution in [3.8, 4) is 0 Å². The molecule has 1 aliphatic rings. The van der Waals surface area contributed by atoms with Crippen LogP contribution in [0.5, 0.6) is 0 Å². The summed E-state index contributed by atoms with van der Waals surface area (Å²) in [5.41, 5.74) is 1.52. The van der Waals surface area contributed by atoms with E-state index in [0.717, 1.165) is 42.5 Å². The predicted molar refractivity (Wildman–Crippen MR) is 138 cm³/mol. The number of hydrogen-bond donors (Lipinski definition) is 2.